The summed E-state index contributed by atoms with van der Waals surface area (Å²) in [6.45, 7) is 8.67. The molecule has 0 spiro atoms. The van der Waals surface area contributed by atoms with Crippen LogP contribution in [-0.4, -0.2) is 14.0 Å². The Morgan fingerprint density at radius 3 is 2.27 bits per heavy atom. The molecular weight excluding hydrogens is 486 g/mol. The molecule has 8 rings (SSSR count). The lowest BCUT2D eigenvalue weighted by atomic mass is 10.1. The van der Waals surface area contributed by atoms with Crippen LogP contribution in [0.2, 0.25) is 0 Å². The van der Waals surface area contributed by atoms with Crippen molar-refractivity contribution in [3.05, 3.63) is 138 Å². The molecule has 0 N–H and O–H groups in total. The van der Waals surface area contributed by atoms with Crippen LogP contribution in [0.25, 0.3) is 78.9 Å². The van der Waals surface area contributed by atoms with Crippen LogP contribution in [0.4, 0.5) is 0 Å². The predicted molar refractivity (Wildman–Crippen MR) is 169 cm³/mol. The molecular formula is C37H25N3. The average molecular weight is 512 g/mol. The molecule has 0 atom stereocenters. The molecule has 4 aromatic heterocycles. The van der Waals surface area contributed by atoms with Crippen LogP contribution in [0.1, 0.15) is 0 Å². The Morgan fingerprint density at radius 1 is 0.650 bits per heavy atom. The highest BCUT2D eigenvalue weighted by molar-refractivity contribution is 6.19. The Balaban J connectivity index is 1.62. The number of allylic oxidation sites excluding steroid dienone is 1. The second-order valence-electron chi connectivity index (χ2n) is 10.2. The van der Waals surface area contributed by atoms with Crippen LogP contribution in [0.15, 0.2) is 128 Å². The van der Waals surface area contributed by atoms with Crippen molar-refractivity contribution >= 4 is 61.8 Å². The molecule has 0 aliphatic carbocycles. The lowest BCUT2D eigenvalue weighted by Crippen LogP contribution is -2.27. The van der Waals surface area contributed by atoms with E-state index in [1.807, 2.05) is 12.1 Å². The van der Waals surface area contributed by atoms with Crippen LogP contribution >= 0.6 is 0 Å². The third-order valence-corrected chi connectivity index (χ3v) is 7.99. The third kappa shape index (κ3) is 3.09. The van der Waals surface area contributed by atoms with Gasteiger partial charge in [0.05, 0.1) is 33.3 Å². The predicted octanol–water partition coefficient (Wildman–Crippen LogP) is 7.78. The van der Waals surface area contributed by atoms with E-state index in [2.05, 4.69) is 137 Å². The molecule has 0 unspecified atom stereocenters. The van der Waals surface area contributed by atoms with Gasteiger partial charge in [-0.15, -0.1) is 0 Å². The van der Waals surface area contributed by atoms with Gasteiger partial charge in [0.25, 0.3) is 0 Å². The molecule has 4 aromatic carbocycles. The van der Waals surface area contributed by atoms with Crippen LogP contribution < -0.4 is 10.4 Å². The van der Waals surface area contributed by atoms with Gasteiger partial charge in [0.1, 0.15) is 5.82 Å². The summed E-state index contributed by atoms with van der Waals surface area (Å²) in [6.07, 6.45) is 3.96. The molecule has 40 heavy (non-hydrogen) atoms. The molecule has 0 aliphatic rings. The van der Waals surface area contributed by atoms with Crippen molar-refractivity contribution < 1.29 is 0 Å². The van der Waals surface area contributed by atoms with E-state index in [1.54, 1.807) is 0 Å². The maximum atomic E-state index is 5.20. The summed E-state index contributed by atoms with van der Waals surface area (Å²) in [5.41, 5.74) is 7.68. The van der Waals surface area contributed by atoms with Crippen molar-refractivity contribution in [3.8, 4) is 17.1 Å². The average Bonchev–Trinajstić information content (AvgIpc) is 3.56. The molecule has 4 heterocycles. The monoisotopic (exact) mass is 511 g/mol. The summed E-state index contributed by atoms with van der Waals surface area (Å²) in [6, 6.07) is 40.5. The SMILES string of the molecule is C=C/C=c1\c(=C)c2cc3ccccc3n2c2ccc3c4ccccc4n(-c4cccc(-c5ccccc5)n4)c3c12. The molecule has 0 saturated carbocycles. The molecule has 3 heteroatoms. The molecule has 0 radical (unpaired) electrons. The van der Waals surface area contributed by atoms with Gasteiger partial charge in [-0.25, -0.2) is 4.98 Å². The molecule has 0 amide bonds. The van der Waals surface area contributed by atoms with Crippen molar-refractivity contribution in [2.24, 2.45) is 0 Å². The summed E-state index contributed by atoms with van der Waals surface area (Å²) in [5, 5.41) is 6.78. The van der Waals surface area contributed by atoms with Crippen molar-refractivity contribution in [3.63, 3.8) is 0 Å². The van der Waals surface area contributed by atoms with Crippen LogP contribution in [0, 0.1) is 0 Å². The molecule has 0 bridgehead atoms. The fourth-order valence-corrected chi connectivity index (χ4v) is 6.28. The van der Waals surface area contributed by atoms with Crippen LogP contribution in [0.3, 0.4) is 0 Å². The minimum absolute atomic E-state index is 0.882. The van der Waals surface area contributed by atoms with E-state index >= 15 is 0 Å². The van der Waals surface area contributed by atoms with Crippen molar-refractivity contribution in [1.29, 1.82) is 0 Å². The Labute approximate surface area is 230 Å². The topological polar surface area (TPSA) is 22.2 Å². The van der Waals surface area contributed by atoms with E-state index in [4.69, 9.17) is 4.98 Å². The van der Waals surface area contributed by atoms with E-state index in [0.717, 1.165) is 55.0 Å². The Kier molecular flexibility index (Phi) is 4.82. The highest BCUT2D eigenvalue weighted by atomic mass is 15.1. The number of aromatic nitrogens is 3. The standard InChI is InChI=1S/C37H25N3/c1-3-12-27-24(2)34-23-26-15-7-9-18-31(26)39(34)33-22-21-29-28-16-8-10-19-32(28)40(37(29)36(27)33)35-20-11-17-30(38-35)25-13-5-4-6-14-25/h3-23H,1-2H2/b27-12+. The van der Waals surface area contributed by atoms with Gasteiger partial charge in [-0.2, -0.15) is 0 Å². The largest absolute Gasteiger partial charge is 0.309 e. The number of nitrogens with zero attached hydrogens (tertiary/aromatic N) is 3. The quantitative estimate of drug-likeness (QED) is 0.237. The lowest BCUT2D eigenvalue weighted by molar-refractivity contribution is 1.09. The summed E-state index contributed by atoms with van der Waals surface area (Å²) in [7, 11) is 0. The van der Waals surface area contributed by atoms with Gasteiger partial charge in [-0.1, -0.05) is 104 Å². The number of rotatable bonds is 3. The van der Waals surface area contributed by atoms with Gasteiger partial charge in [0.2, 0.25) is 0 Å². The van der Waals surface area contributed by atoms with Crippen molar-refractivity contribution in [1.82, 2.24) is 14.0 Å². The van der Waals surface area contributed by atoms with E-state index in [9.17, 15) is 0 Å². The second-order valence-corrected chi connectivity index (χ2v) is 10.2. The fraction of sp³-hybridized carbons (Fsp3) is 0. The summed E-state index contributed by atoms with van der Waals surface area (Å²) in [5.74, 6) is 0.882. The Bertz CT molecular complexity index is 2410. The molecule has 8 aromatic rings. The molecule has 3 nitrogen and oxygen atoms in total. The Morgan fingerprint density at radius 2 is 1.43 bits per heavy atom. The van der Waals surface area contributed by atoms with Gasteiger partial charge < -0.3 is 4.40 Å². The van der Waals surface area contributed by atoms with Crippen molar-refractivity contribution in [2.75, 3.05) is 0 Å². The number of hydrogen-bond donors (Lipinski definition) is 0. The number of para-hydroxylation sites is 2. The summed E-state index contributed by atoms with van der Waals surface area (Å²) < 4.78 is 4.67. The maximum Gasteiger partial charge on any atom is 0.138 e. The normalized spacial score (nSPS) is 12.3. The molecule has 188 valence electrons. The van der Waals surface area contributed by atoms with Gasteiger partial charge in [0, 0.05) is 27.1 Å². The van der Waals surface area contributed by atoms with Gasteiger partial charge >= 0.3 is 0 Å². The first-order valence-electron chi connectivity index (χ1n) is 13.5. The Hall–Kier alpha value is -5.41. The molecule has 0 saturated heterocycles. The minimum atomic E-state index is 0.882. The summed E-state index contributed by atoms with van der Waals surface area (Å²) >= 11 is 0. The molecule has 0 fully saturated rings. The van der Waals surface area contributed by atoms with E-state index in [-0.39, 0.29) is 0 Å². The minimum Gasteiger partial charge on any atom is -0.309 e. The van der Waals surface area contributed by atoms with Gasteiger partial charge in [-0.3, -0.25) is 4.57 Å². The zero-order valence-corrected chi connectivity index (χ0v) is 21.9. The zero-order valence-electron chi connectivity index (χ0n) is 21.9. The van der Waals surface area contributed by atoms with E-state index in [0.29, 0.717) is 0 Å². The molecule has 0 aliphatic heterocycles. The highest BCUT2D eigenvalue weighted by Crippen LogP contribution is 2.36. The van der Waals surface area contributed by atoms with Gasteiger partial charge in [-0.05, 0) is 46.8 Å². The third-order valence-electron chi connectivity index (χ3n) is 7.99. The van der Waals surface area contributed by atoms with Crippen molar-refractivity contribution in [2.45, 2.75) is 0 Å². The highest BCUT2D eigenvalue weighted by Gasteiger charge is 2.19. The smallest absolute Gasteiger partial charge is 0.138 e. The first-order chi connectivity index (χ1) is 19.7. The zero-order chi connectivity index (χ0) is 26.8. The summed E-state index contributed by atoms with van der Waals surface area (Å²) in [4.78, 5) is 5.20. The van der Waals surface area contributed by atoms with Crippen LogP contribution in [0.5, 0.6) is 0 Å². The van der Waals surface area contributed by atoms with E-state index < -0.39 is 0 Å². The lowest BCUT2D eigenvalue weighted by Gasteiger charge is -2.13. The number of pyridine rings is 2. The first kappa shape index (κ1) is 22.6. The maximum absolute atomic E-state index is 5.20. The first-order valence-corrected chi connectivity index (χ1v) is 13.5. The second kappa shape index (κ2) is 8.55. The fourth-order valence-electron chi connectivity index (χ4n) is 6.28. The van der Waals surface area contributed by atoms with Gasteiger partial charge in [0.15, 0.2) is 0 Å². The van der Waals surface area contributed by atoms with Crippen LogP contribution in [-0.2, 0) is 0 Å². The number of benzene rings is 4. The number of fused-ring (bicyclic) bond motifs is 9. The van der Waals surface area contributed by atoms with E-state index in [1.165, 1.54) is 21.7 Å². The number of hydrogen-bond acceptors (Lipinski definition) is 1.